The Kier molecular flexibility index (Phi) is 1.93. The van der Waals surface area contributed by atoms with Crippen molar-refractivity contribution in [1.29, 1.82) is 0 Å². The van der Waals surface area contributed by atoms with Gasteiger partial charge in [-0.2, -0.15) is 0 Å². The van der Waals surface area contributed by atoms with Crippen LogP contribution in [-0.2, 0) is 0 Å². The normalized spacial score (nSPS) is 29.7. The van der Waals surface area contributed by atoms with Crippen LogP contribution in [0.4, 0.5) is 0 Å². The van der Waals surface area contributed by atoms with Crippen molar-refractivity contribution in [2.45, 2.75) is 32.1 Å². The van der Waals surface area contributed by atoms with Gasteiger partial charge in [-0.3, -0.25) is 0 Å². The first-order valence-corrected chi connectivity index (χ1v) is 5.72. The van der Waals surface area contributed by atoms with Crippen LogP contribution in [0.15, 0.2) is 47.1 Å². The smallest absolute Gasteiger partial charge is 0.00586 e. The molecular formula is C14H16. The number of hydrogen-bond donors (Lipinski definition) is 0. The zero-order valence-electron chi connectivity index (χ0n) is 8.50. The van der Waals surface area contributed by atoms with Crippen molar-refractivity contribution in [1.82, 2.24) is 0 Å². The summed E-state index contributed by atoms with van der Waals surface area (Å²) in [6, 6.07) is 0. The summed E-state index contributed by atoms with van der Waals surface area (Å²) < 4.78 is 0. The first-order valence-electron chi connectivity index (χ1n) is 5.72. The second-order valence-corrected chi connectivity index (χ2v) is 4.51. The van der Waals surface area contributed by atoms with Crippen molar-refractivity contribution in [3.63, 3.8) is 0 Å². The number of fused-ring (bicyclic) bond motifs is 2. The van der Waals surface area contributed by atoms with Gasteiger partial charge in [-0.05, 0) is 48.8 Å². The Balaban J connectivity index is 1.99. The van der Waals surface area contributed by atoms with E-state index in [0.717, 1.165) is 0 Å². The van der Waals surface area contributed by atoms with Gasteiger partial charge in [0.25, 0.3) is 0 Å². The van der Waals surface area contributed by atoms with Gasteiger partial charge in [0.2, 0.25) is 0 Å². The highest BCUT2D eigenvalue weighted by Gasteiger charge is 2.21. The van der Waals surface area contributed by atoms with E-state index in [4.69, 9.17) is 0 Å². The van der Waals surface area contributed by atoms with E-state index in [2.05, 4.69) is 30.4 Å². The standard InChI is InChI=1S/C14H16/c1-2-6-12-10-14-8-4-3-7-13(14)9-11(12)5-1/h1-2,5,9-10,12H,3-4,6-8H2. The predicted molar refractivity (Wildman–Crippen MR) is 60.0 cm³/mol. The maximum atomic E-state index is 2.52. The summed E-state index contributed by atoms with van der Waals surface area (Å²) in [5.74, 6) is 0.692. The maximum Gasteiger partial charge on any atom is 0.00586 e. The van der Waals surface area contributed by atoms with Crippen molar-refractivity contribution in [2.75, 3.05) is 0 Å². The lowest BCUT2D eigenvalue weighted by Crippen LogP contribution is -2.11. The number of hydrogen-bond acceptors (Lipinski definition) is 0. The van der Waals surface area contributed by atoms with Crippen molar-refractivity contribution in [2.24, 2.45) is 5.92 Å². The molecule has 3 rings (SSSR count). The van der Waals surface area contributed by atoms with Crippen LogP contribution in [0.3, 0.4) is 0 Å². The fourth-order valence-electron chi connectivity index (χ4n) is 2.73. The first-order chi connectivity index (χ1) is 6.93. The molecule has 0 saturated heterocycles. The molecule has 0 aromatic heterocycles. The van der Waals surface area contributed by atoms with Gasteiger partial charge in [0, 0.05) is 5.92 Å². The van der Waals surface area contributed by atoms with Gasteiger partial charge in [0.15, 0.2) is 0 Å². The zero-order valence-corrected chi connectivity index (χ0v) is 8.50. The number of allylic oxidation sites excluding steroid dienone is 8. The topological polar surface area (TPSA) is 0 Å². The third-order valence-corrected chi connectivity index (χ3v) is 3.54. The largest absolute Gasteiger partial charge is 0.0836 e. The minimum atomic E-state index is 0.692. The van der Waals surface area contributed by atoms with Crippen LogP contribution < -0.4 is 0 Å². The highest BCUT2D eigenvalue weighted by atomic mass is 14.3. The van der Waals surface area contributed by atoms with Gasteiger partial charge in [0.1, 0.15) is 0 Å². The Morgan fingerprint density at radius 2 is 1.93 bits per heavy atom. The molecule has 0 spiro atoms. The van der Waals surface area contributed by atoms with Crippen molar-refractivity contribution in [3.05, 3.63) is 47.1 Å². The van der Waals surface area contributed by atoms with Crippen LogP contribution >= 0.6 is 0 Å². The average Bonchev–Trinajstić information content (AvgIpc) is 2.26. The molecule has 72 valence electrons. The molecular weight excluding hydrogens is 168 g/mol. The van der Waals surface area contributed by atoms with Crippen LogP contribution in [0.25, 0.3) is 0 Å². The molecule has 0 radical (unpaired) electrons. The van der Waals surface area contributed by atoms with Crippen LogP contribution in [0.2, 0.25) is 0 Å². The van der Waals surface area contributed by atoms with E-state index in [0.29, 0.717) is 5.92 Å². The molecule has 1 atom stereocenters. The summed E-state index contributed by atoms with van der Waals surface area (Å²) in [4.78, 5) is 0. The molecule has 0 heteroatoms. The second-order valence-electron chi connectivity index (χ2n) is 4.51. The molecule has 0 aromatic rings. The molecule has 1 unspecified atom stereocenters. The van der Waals surface area contributed by atoms with E-state index in [-0.39, 0.29) is 0 Å². The van der Waals surface area contributed by atoms with Gasteiger partial charge in [-0.1, -0.05) is 30.4 Å². The highest BCUT2D eigenvalue weighted by Crippen LogP contribution is 2.38. The van der Waals surface area contributed by atoms with Crippen molar-refractivity contribution >= 4 is 0 Å². The molecule has 0 nitrogen and oxygen atoms in total. The van der Waals surface area contributed by atoms with Crippen molar-refractivity contribution in [3.8, 4) is 0 Å². The fraction of sp³-hybridized carbons (Fsp3) is 0.429. The molecule has 0 N–H and O–H groups in total. The van der Waals surface area contributed by atoms with Crippen LogP contribution in [0, 0.1) is 5.92 Å². The van der Waals surface area contributed by atoms with E-state index >= 15 is 0 Å². The van der Waals surface area contributed by atoms with Crippen molar-refractivity contribution < 1.29 is 0 Å². The minimum absolute atomic E-state index is 0.692. The summed E-state index contributed by atoms with van der Waals surface area (Å²) in [7, 11) is 0. The van der Waals surface area contributed by atoms with Crippen LogP contribution in [0.5, 0.6) is 0 Å². The van der Waals surface area contributed by atoms with Gasteiger partial charge in [-0.15, -0.1) is 0 Å². The third kappa shape index (κ3) is 1.30. The fourth-order valence-corrected chi connectivity index (χ4v) is 2.73. The summed E-state index contributed by atoms with van der Waals surface area (Å²) >= 11 is 0. The van der Waals surface area contributed by atoms with Gasteiger partial charge < -0.3 is 0 Å². The van der Waals surface area contributed by atoms with E-state index in [1.54, 1.807) is 11.1 Å². The Morgan fingerprint density at radius 3 is 2.86 bits per heavy atom. The van der Waals surface area contributed by atoms with E-state index in [1.807, 2.05) is 0 Å². The lowest BCUT2D eigenvalue weighted by Gasteiger charge is -2.28. The summed E-state index contributed by atoms with van der Waals surface area (Å²) in [5, 5.41) is 0. The van der Waals surface area contributed by atoms with E-state index in [1.165, 1.54) is 37.7 Å². The predicted octanol–water partition coefficient (Wildman–Crippen LogP) is 3.93. The van der Waals surface area contributed by atoms with E-state index < -0.39 is 0 Å². The lowest BCUT2D eigenvalue weighted by molar-refractivity contribution is 0.651. The van der Waals surface area contributed by atoms with Gasteiger partial charge in [-0.25, -0.2) is 0 Å². The molecule has 0 amide bonds. The van der Waals surface area contributed by atoms with E-state index in [9.17, 15) is 0 Å². The Morgan fingerprint density at radius 1 is 1.07 bits per heavy atom. The molecule has 0 aromatic carbocycles. The monoisotopic (exact) mass is 184 g/mol. The van der Waals surface area contributed by atoms with Crippen LogP contribution in [-0.4, -0.2) is 0 Å². The van der Waals surface area contributed by atoms with Crippen LogP contribution in [0.1, 0.15) is 32.1 Å². The Labute approximate surface area is 85.7 Å². The molecule has 0 heterocycles. The molecule has 1 saturated carbocycles. The maximum absolute atomic E-state index is 2.52. The molecule has 3 aliphatic carbocycles. The first kappa shape index (κ1) is 8.28. The molecule has 0 aliphatic heterocycles. The molecule has 14 heavy (non-hydrogen) atoms. The SMILES string of the molecule is C1=CCC2C=C3CCCCC3=CC2=C1. The number of rotatable bonds is 0. The van der Waals surface area contributed by atoms with Gasteiger partial charge >= 0.3 is 0 Å². The Hall–Kier alpha value is -1.04. The zero-order chi connectivity index (χ0) is 9.38. The van der Waals surface area contributed by atoms with Gasteiger partial charge in [0.05, 0.1) is 0 Å². The third-order valence-electron chi connectivity index (χ3n) is 3.54. The summed E-state index contributed by atoms with van der Waals surface area (Å²) in [6.07, 6.45) is 18.3. The molecule has 3 aliphatic rings. The Bertz CT molecular complexity index is 363. The molecule has 1 fully saturated rings. The second kappa shape index (κ2) is 3.27. The lowest BCUT2D eigenvalue weighted by atomic mass is 9.77. The quantitative estimate of drug-likeness (QED) is 0.535. The highest BCUT2D eigenvalue weighted by molar-refractivity contribution is 5.48. The minimum Gasteiger partial charge on any atom is -0.0836 e. The molecule has 0 bridgehead atoms. The summed E-state index contributed by atoms with van der Waals surface area (Å²) in [5.41, 5.74) is 4.80. The average molecular weight is 184 g/mol. The summed E-state index contributed by atoms with van der Waals surface area (Å²) in [6.45, 7) is 0.